The summed E-state index contributed by atoms with van der Waals surface area (Å²) < 4.78 is 0. The van der Waals surface area contributed by atoms with Crippen molar-refractivity contribution in [2.75, 3.05) is 13.1 Å². The number of carboxylic acid groups (broad SMARTS) is 1. The predicted octanol–water partition coefficient (Wildman–Crippen LogP) is -1.21. The summed E-state index contributed by atoms with van der Waals surface area (Å²) in [6.45, 7) is 2.43. The summed E-state index contributed by atoms with van der Waals surface area (Å²) in [7, 11) is 0. The number of piperidine rings is 1. The minimum atomic E-state index is -0.833. The molecule has 1 saturated heterocycles. The van der Waals surface area contributed by atoms with Crippen molar-refractivity contribution in [3.05, 3.63) is 0 Å². The molecule has 12 heavy (non-hydrogen) atoms. The van der Waals surface area contributed by atoms with E-state index in [0.717, 1.165) is 13.5 Å². The van der Waals surface area contributed by atoms with Gasteiger partial charge in [-0.05, 0) is 13.0 Å². The van der Waals surface area contributed by atoms with Crippen LogP contribution in [0.15, 0.2) is 0 Å². The average molecular weight is 177 g/mol. The Morgan fingerprint density at radius 2 is 1.92 bits per heavy atom. The van der Waals surface area contributed by atoms with Crippen LogP contribution in [0, 0.1) is 0 Å². The smallest absolute Gasteiger partial charge is 0.300 e. The Hall–Kier alpha value is -0.650. The molecule has 0 aromatic rings. The van der Waals surface area contributed by atoms with Crippen molar-refractivity contribution in [3.8, 4) is 0 Å². The monoisotopic (exact) mass is 177 g/mol. The SMILES string of the molecule is CC(=O)O.O[C@@H]1CCNC[C@H]1O. The summed E-state index contributed by atoms with van der Waals surface area (Å²) in [6.07, 6.45) is -0.388. The van der Waals surface area contributed by atoms with Crippen LogP contribution in [-0.4, -0.2) is 46.6 Å². The number of nitrogens with one attached hydrogen (secondary N) is 1. The van der Waals surface area contributed by atoms with Gasteiger partial charge in [-0.2, -0.15) is 0 Å². The van der Waals surface area contributed by atoms with Crippen LogP contribution in [0.1, 0.15) is 13.3 Å². The van der Waals surface area contributed by atoms with E-state index in [1.54, 1.807) is 0 Å². The fourth-order valence-electron chi connectivity index (χ4n) is 0.828. The molecule has 0 unspecified atom stereocenters. The number of carbonyl (C=O) groups is 1. The van der Waals surface area contributed by atoms with Gasteiger partial charge in [-0.3, -0.25) is 4.79 Å². The second kappa shape index (κ2) is 5.93. The van der Waals surface area contributed by atoms with E-state index in [0.29, 0.717) is 13.0 Å². The quantitative estimate of drug-likeness (QED) is 0.373. The van der Waals surface area contributed by atoms with Gasteiger partial charge in [0.1, 0.15) is 0 Å². The first-order valence-electron chi connectivity index (χ1n) is 3.80. The summed E-state index contributed by atoms with van der Waals surface area (Å²) in [4.78, 5) is 9.00. The van der Waals surface area contributed by atoms with Gasteiger partial charge in [-0.1, -0.05) is 0 Å². The Balaban J connectivity index is 0.000000261. The number of carboxylic acids is 1. The number of hydrogen-bond donors (Lipinski definition) is 4. The summed E-state index contributed by atoms with van der Waals surface area (Å²) >= 11 is 0. The van der Waals surface area contributed by atoms with E-state index in [4.69, 9.17) is 20.1 Å². The zero-order valence-electron chi connectivity index (χ0n) is 7.03. The molecule has 5 nitrogen and oxygen atoms in total. The van der Waals surface area contributed by atoms with Crippen molar-refractivity contribution in [2.24, 2.45) is 0 Å². The maximum atomic E-state index is 9.00. The lowest BCUT2D eigenvalue weighted by Gasteiger charge is -2.23. The van der Waals surface area contributed by atoms with Gasteiger partial charge in [0.2, 0.25) is 0 Å². The van der Waals surface area contributed by atoms with E-state index in [2.05, 4.69) is 5.32 Å². The van der Waals surface area contributed by atoms with Crippen molar-refractivity contribution in [1.82, 2.24) is 5.32 Å². The van der Waals surface area contributed by atoms with Crippen molar-refractivity contribution in [3.63, 3.8) is 0 Å². The Labute approximate surface area is 71.0 Å². The molecule has 4 N–H and O–H groups in total. The normalized spacial score (nSPS) is 28.6. The van der Waals surface area contributed by atoms with Crippen molar-refractivity contribution in [2.45, 2.75) is 25.6 Å². The average Bonchev–Trinajstić information content (AvgIpc) is 1.94. The van der Waals surface area contributed by atoms with E-state index < -0.39 is 18.2 Å². The molecular formula is C7H15NO4. The molecule has 5 heteroatoms. The zero-order valence-corrected chi connectivity index (χ0v) is 7.03. The molecular weight excluding hydrogens is 162 g/mol. The fraction of sp³-hybridized carbons (Fsp3) is 0.857. The summed E-state index contributed by atoms with van der Waals surface area (Å²) in [5.41, 5.74) is 0. The molecule has 2 atom stereocenters. The first-order chi connectivity index (χ1) is 5.54. The molecule has 0 radical (unpaired) electrons. The summed E-state index contributed by atoms with van der Waals surface area (Å²) in [5, 5.41) is 28.1. The summed E-state index contributed by atoms with van der Waals surface area (Å²) in [6, 6.07) is 0. The third kappa shape index (κ3) is 6.09. The first kappa shape index (κ1) is 11.4. The Morgan fingerprint density at radius 1 is 1.42 bits per heavy atom. The van der Waals surface area contributed by atoms with Crippen LogP contribution in [0.2, 0.25) is 0 Å². The van der Waals surface area contributed by atoms with Crippen LogP contribution in [0.4, 0.5) is 0 Å². The van der Waals surface area contributed by atoms with E-state index in [-0.39, 0.29) is 0 Å². The fourth-order valence-corrected chi connectivity index (χ4v) is 0.828. The highest BCUT2D eigenvalue weighted by molar-refractivity contribution is 5.62. The molecule has 1 fully saturated rings. The van der Waals surface area contributed by atoms with Crippen LogP contribution in [0.5, 0.6) is 0 Å². The number of rotatable bonds is 0. The molecule has 1 heterocycles. The number of aliphatic carboxylic acids is 1. The topological polar surface area (TPSA) is 89.8 Å². The third-order valence-electron chi connectivity index (χ3n) is 1.41. The molecule has 0 aromatic heterocycles. The zero-order chi connectivity index (χ0) is 9.56. The molecule has 72 valence electrons. The molecule has 0 aliphatic carbocycles. The number of β-amino-alcohol motifs (C(OH)–C–C–N with tert-alkyl or cyclic N) is 1. The van der Waals surface area contributed by atoms with Gasteiger partial charge in [-0.15, -0.1) is 0 Å². The molecule has 0 amide bonds. The van der Waals surface area contributed by atoms with Gasteiger partial charge in [0.25, 0.3) is 5.97 Å². The Morgan fingerprint density at radius 3 is 2.17 bits per heavy atom. The number of aliphatic hydroxyl groups excluding tert-OH is 2. The van der Waals surface area contributed by atoms with Crippen LogP contribution in [0.3, 0.4) is 0 Å². The third-order valence-corrected chi connectivity index (χ3v) is 1.41. The molecule has 0 bridgehead atoms. The highest BCUT2D eigenvalue weighted by Crippen LogP contribution is 2.01. The van der Waals surface area contributed by atoms with Crippen LogP contribution < -0.4 is 5.32 Å². The first-order valence-corrected chi connectivity index (χ1v) is 3.80. The molecule has 1 rings (SSSR count). The lowest BCUT2D eigenvalue weighted by molar-refractivity contribution is -0.134. The Bertz CT molecular complexity index is 125. The minimum Gasteiger partial charge on any atom is -0.481 e. The maximum absolute atomic E-state index is 9.00. The van der Waals surface area contributed by atoms with Crippen LogP contribution >= 0.6 is 0 Å². The van der Waals surface area contributed by atoms with E-state index in [9.17, 15) is 0 Å². The standard InChI is InChI=1S/C5H11NO2.C2H4O2/c7-4-1-2-6-3-5(4)8;1-2(3)4/h4-8H,1-3H2;1H3,(H,3,4)/t4-,5-;/m1./s1. The predicted molar refractivity (Wildman–Crippen MR) is 42.8 cm³/mol. The molecule has 0 aromatic carbocycles. The second-order valence-electron chi connectivity index (χ2n) is 2.65. The second-order valence-corrected chi connectivity index (χ2v) is 2.65. The van der Waals surface area contributed by atoms with Crippen LogP contribution in [0.25, 0.3) is 0 Å². The van der Waals surface area contributed by atoms with E-state index in [1.807, 2.05) is 0 Å². The van der Waals surface area contributed by atoms with Gasteiger partial charge < -0.3 is 20.6 Å². The van der Waals surface area contributed by atoms with Crippen molar-refractivity contribution >= 4 is 5.97 Å². The highest BCUT2D eigenvalue weighted by Gasteiger charge is 2.18. The van der Waals surface area contributed by atoms with Gasteiger partial charge >= 0.3 is 0 Å². The molecule has 1 aliphatic rings. The van der Waals surface area contributed by atoms with Crippen molar-refractivity contribution < 1.29 is 20.1 Å². The molecule has 0 spiro atoms. The lowest BCUT2D eigenvalue weighted by Crippen LogP contribution is -2.43. The molecule has 1 aliphatic heterocycles. The van der Waals surface area contributed by atoms with Gasteiger partial charge in [0, 0.05) is 13.5 Å². The number of hydrogen-bond acceptors (Lipinski definition) is 4. The number of aliphatic hydroxyl groups is 2. The minimum absolute atomic E-state index is 0.503. The van der Waals surface area contributed by atoms with Gasteiger partial charge in [0.15, 0.2) is 0 Å². The van der Waals surface area contributed by atoms with Crippen molar-refractivity contribution in [1.29, 1.82) is 0 Å². The maximum Gasteiger partial charge on any atom is 0.300 e. The van der Waals surface area contributed by atoms with Gasteiger partial charge in [0.05, 0.1) is 12.2 Å². The summed E-state index contributed by atoms with van der Waals surface area (Å²) in [5.74, 6) is -0.833. The van der Waals surface area contributed by atoms with E-state index >= 15 is 0 Å². The van der Waals surface area contributed by atoms with Gasteiger partial charge in [-0.25, -0.2) is 0 Å². The van der Waals surface area contributed by atoms with E-state index in [1.165, 1.54) is 0 Å². The van der Waals surface area contributed by atoms with Crippen LogP contribution in [-0.2, 0) is 4.79 Å². The lowest BCUT2D eigenvalue weighted by atomic mass is 10.1. The molecule has 0 saturated carbocycles. The largest absolute Gasteiger partial charge is 0.481 e. The highest BCUT2D eigenvalue weighted by atomic mass is 16.4. The Kier molecular flexibility index (Phi) is 5.61.